The van der Waals surface area contributed by atoms with Crippen molar-refractivity contribution in [1.82, 2.24) is 20.4 Å². The number of amides is 1. The SMILES string of the molecule is Cn1ccc(C(=O)NCC2(C)CCCNC2)n1. The van der Waals surface area contributed by atoms with Gasteiger partial charge in [-0.15, -0.1) is 0 Å². The third kappa shape index (κ3) is 3.06. The normalized spacial score (nSPS) is 24.6. The van der Waals surface area contributed by atoms with Gasteiger partial charge in [0.1, 0.15) is 5.69 Å². The first kappa shape index (κ1) is 12.1. The number of hydrogen-bond donors (Lipinski definition) is 2. The lowest BCUT2D eigenvalue weighted by atomic mass is 9.83. The Labute approximate surface area is 102 Å². The minimum atomic E-state index is -0.0857. The van der Waals surface area contributed by atoms with E-state index in [9.17, 15) is 4.79 Å². The first-order valence-electron chi connectivity index (χ1n) is 6.08. The molecule has 0 bridgehead atoms. The predicted molar refractivity (Wildman–Crippen MR) is 65.8 cm³/mol. The van der Waals surface area contributed by atoms with Gasteiger partial charge in [0.15, 0.2) is 0 Å². The van der Waals surface area contributed by atoms with E-state index in [1.807, 2.05) is 7.05 Å². The van der Waals surface area contributed by atoms with Gasteiger partial charge in [-0.3, -0.25) is 9.48 Å². The topological polar surface area (TPSA) is 59.0 Å². The molecule has 5 heteroatoms. The number of piperidine rings is 1. The summed E-state index contributed by atoms with van der Waals surface area (Å²) in [6.07, 6.45) is 4.11. The number of hydrogen-bond acceptors (Lipinski definition) is 3. The summed E-state index contributed by atoms with van der Waals surface area (Å²) in [7, 11) is 1.81. The van der Waals surface area contributed by atoms with Gasteiger partial charge in [-0.25, -0.2) is 0 Å². The number of rotatable bonds is 3. The zero-order chi connectivity index (χ0) is 12.3. The third-order valence-corrected chi connectivity index (χ3v) is 3.31. The van der Waals surface area contributed by atoms with Crippen molar-refractivity contribution in [3.05, 3.63) is 18.0 Å². The van der Waals surface area contributed by atoms with Crippen LogP contribution in [0.15, 0.2) is 12.3 Å². The summed E-state index contributed by atoms with van der Waals surface area (Å²) < 4.78 is 1.64. The molecule has 1 amide bonds. The van der Waals surface area contributed by atoms with E-state index in [1.165, 1.54) is 6.42 Å². The highest BCUT2D eigenvalue weighted by Crippen LogP contribution is 2.24. The smallest absolute Gasteiger partial charge is 0.271 e. The average Bonchev–Trinajstić information content (AvgIpc) is 2.74. The second kappa shape index (κ2) is 4.87. The lowest BCUT2D eigenvalue weighted by molar-refractivity contribution is 0.0919. The van der Waals surface area contributed by atoms with Crippen LogP contribution in [0, 0.1) is 5.41 Å². The molecule has 94 valence electrons. The van der Waals surface area contributed by atoms with Gasteiger partial charge in [-0.2, -0.15) is 5.10 Å². The van der Waals surface area contributed by atoms with Crippen LogP contribution < -0.4 is 10.6 Å². The number of aromatic nitrogens is 2. The van der Waals surface area contributed by atoms with Crippen molar-refractivity contribution in [3.8, 4) is 0 Å². The maximum Gasteiger partial charge on any atom is 0.271 e. The Morgan fingerprint density at radius 3 is 3.12 bits per heavy atom. The lowest BCUT2D eigenvalue weighted by Gasteiger charge is -2.34. The number of nitrogens with zero attached hydrogens (tertiary/aromatic N) is 2. The Morgan fingerprint density at radius 2 is 2.53 bits per heavy atom. The molecule has 2 rings (SSSR count). The fourth-order valence-corrected chi connectivity index (χ4v) is 2.19. The summed E-state index contributed by atoms with van der Waals surface area (Å²) in [5.74, 6) is -0.0857. The van der Waals surface area contributed by atoms with Crippen molar-refractivity contribution in [2.75, 3.05) is 19.6 Å². The molecule has 1 saturated heterocycles. The molecular weight excluding hydrogens is 216 g/mol. The number of carbonyl (C=O) groups is 1. The molecule has 1 aromatic heterocycles. The Hall–Kier alpha value is -1.36. The predicted octanol–water partition coefficient (Wildman–Crippen LogP) is 0.540. The number of aryl methyl sites for hydroxylation is 1. The second-order valence-electron chi connectivity index (χ2n) is 5.15. The van der Waals surface area contributed by atoms with E-state index in [0.29, 0.717) is 12.2 Å². The van der Waals surface area contributed by atoms with E-state index in [-0.39, 0.29) is 11.3 Å². The highest BCUT2D eigenvalue weighted by atomic mass is 16.1. The van der Waals surface area contributed by atoms with E-state index in [4.69, 9.17) is 0 Å². The molecule has 0 aliphatic carbocycles. The van der Waals surface area contributed by atoms with Crippen molar-refractivity contribution < 1.29 is 4.79 Å². The largest absolute Gasteiger partial charge is 0.350 e. The fraction of sp³-hybridized carbons (Fsp3) is 0.667. The fourth-order valence-electron chi connectivity index (χ4n) is 2.19. The summed E-state index contributed by atoms with van der Waals surface area (Å²) in [5, 5.41) is 10.4. The lowest BCUT2D eigenvalue weighted by Crippen LogP contribution is -2.45. The van der Waals surface area contributed by atoms with Crippen molar-refractivity contribution in [1.29, 1.82) is 0 Å². The summed E-state index contributed by atoms with van der Waals surface area (Å²) >= 11 is 0. The van der Waals surface area contributed by atoms with Gasteiger partial charge < -0.3 is 10.6 Å². The maximum absolute atomic E-state index is 11.8. The second-order valence-corrected chi connectivity index (χ2v) is 5.15. The molecule has 17 heavy (non-hydrogen) atoms. The average molecular weight is 236 g/mol. The molecule has 0 spiro atoms. The summed E-state index contributed by atoms with van der Waals surface area (Å²) in [4.78, 5) is 11.8. The van der Waals surface area contributed by atoms with Crippen LogP contribution >= 0.6 is 0 Å². The van der Waals surface area contributed by atoms with Crippen LogP contribution in [-0.2, 0) is 7.05 Å². The summed E-state index contributed by atoms with van der Waals surface area (Å²) in [6, 6.07) is 1.73. The van der Waals surface area contributed by atoms with Crippen molar-refractivity contribution in [3.63, 3.8) is 0 Å². The monoisotopic (exact) mass is 236 g/mol. The standard InChI is InChI=1S/C12H20N4O/c1-12(5-3-6-13-8-12)9-14-11(17)10-4-7-16(2)15-10/h4,7,13H,3,5-6,8-9H2,1-2H3,(H,14,17). The van der Waals surface area contributed by atoms with Gasteiger partial charge in [-0.05, 0) is 30.9 Å². The maximum atomic E-state index is 11.8. The first-order chi connectivity index (χ1) is 8.09. The molecule has 1 unspecified atom stereocenters. The van der Waals surface area contributed by atoms with E-state index < -0.39 is 0 Å². The molecule has 1 aromatic rings. The van der Waals surface area contributed by atoms with Crippen molar-refractivity contribution in [2.45, 2.75) is 19.8 Å². The van der Waals surface area contributed by atoms with E-state index in [2.05, 4.69) is 22.7 Å². The van der Waals surface area contributed by atoms with E-state index >= 15 is 0 Å². The molecule has 1 fully saturated rings. The molecule has 0 saturated carbocycles. The molecule has 1 aliphatic heterocycles. The van der Waals surface area contributed by atoms with E-state index in [1.54, 1.807) is 16.9 Å². The highest BCUT2D eigenvalue weighted by molar-refractivity contribution is 5.92. The van der Waals surface area contributed by atoms with Gasteiger partial charge in [0.05, 0.1) is 0 Å². The quantitative estimate of drug-likeness (QED) is 0.805. The molecule has 2 N–H and O–H groups in total. The Balaban J connectivity index is 1.87. The zero-order valence-electron chi connectivity index (χ0n) is 10.5. The minimum Gasteiger partial charge on any atom is -0.350 e. The highest BCUT2D eigenvalue weighted by Gasteiger charge is 2.27. The number of nitrogens with one attached hydrogen (secondary N) is 2. The Morgan fingerprint density at radius 1 is 1.71 bits per heavy atom. The van der Waals surface area contributed by atoms with Gasteiger partial charge in [0.2, 0.25) is 0 Å². The molecule has 0 aromatic carbocycles. The van der Waals surface area contributed by atoms with Crippen LogP contribution in [0.4, 0.5) is 0 Å². The van der Waals surface area contributed by atoms with Crippen LogP contribution in [0.5, 0.6) is 0 Å². The van der Waals surface area contributed by atoms with E-state index in [0.717, 1.165) is 19.5 Å². The first-order valence-corrected chi connectivity index (χ1v) is 6.08. The molecule has 5 nitrogen and oxygen atoms in total. The van der Waals surface area contributed by atoms with Crippen molar-refractivity contribution in [2.24, 2.45) is 12.5 Å². The van der Waals surface area contributed by atoms with Crippen LogP contribution in [0.3, 0.4) is 0 Å². The zero-order valence-corrected chi connectivity index (χ0v) is 10.5. The van der Waals surface area contributed by atoms with Crippen LogP contribution in [0.2, 0.25) is 0 Å². The Kier molecular flexibility index (Phi) is 3.47. The van der Waals surface area contributed by atoms with Gasteiger partial charge in [-0.1, -0.05) is 6.92 Å². The van der Waals surface area contributed by atoms with Gasteiger partial charge in [0, 0.05) is 26.3 Å². The molecule has 0 radical (unpaired) electrons. The molecular formula is C12H20N4O. The van der Waals surface area contributed by atoms with Crippen LogP contribution in [0.25, 0.3) is 0 Å². The summed E-state index contributed by atoms with van der Waals surface area (Å²) in [5.41, 5.74) is 0.655. The molecule has 1 atom stereocenters. The van der Waals surface area contributed by atoms with Crippen LogP contribution in [-0.4, -0.2) is 35.3 Å². The molecule has 1 aliphatic rings. The van der Waals surface area contributed by atoms with Gasteiger partial charge >= 0.3 is 0 Å². The van der Waals surface area contributed by atoms with Crippen LogP contribution in [0.1, 0.15) is 30.3 Å². The van der Waals surface area contributed by atoms with Crippen molar-refractivity contribution >= 4 is 5.91 Å². The minimum absolute atomic E-state index is 0.0857. The third-order valence-electron chi connectivity index (χ3n) is 3.31. The summed E-state index contributed by atoms with van der Waals surface area (Å²) in [6.45, 7) is 4.96. The molecule has 2 heterocycles. The Bertz CT molecular complexity index is 393. The van der Waals surface area contributed by atoms with Gasteiger partial charge in [0.25, 0.3) is 5.91 Å². The number of carbonyl (C=O) groups excluding carboxylic acids is 1.